The van der Waals surface area contributed by atoms with Crippen molar-refractivity contribution in [2.75, 3.05) is 0 Å². The molecule has 0 aliphatic heterocycles. The minimum absolute atomic E-state index is 0.387. The van der Waals surface area contributed by atoms with Crippen LogP contribution in [0.3, 0.4) is 0 Å². The average molecular weight is 457 g/mol. The summed E-state index contributed by atoms with van der Waals surface area (Å²) in [6.45, 7) is 0. The molecule has 166 valence electrons. The maximum absolute atomic E-state index is 5.00. The van der Waals surface area contributed by atoms with E-state index in [-0.39, 0.29) is 5.41 Å². The van der Waals surface area contributed by atoms with E-state index in [1.165, 1.54) is 66.6 Å². The average Bonchev–Trinajstić information content (AvgIpc) is 3.55. The standard InChI is InChI=1S/C34H20N2/c1-4-12-27-22(9-1)26-17-21-16-20-8-7-15-35-33(20)25(21)18-29(26)34(27)28-13-5-2-10-23(28)32-24-11-3-6-14-31(24)36-19-30(32)34/h1-15,17-19H,16H2. The van der Waals surface area contributed by atoms with E-state index < -0.39 is 0 Å². The second-order valence-electron chi connectivity index (χ2n) is 10.1. The van der Waals surface area contributed by atoms with Gasteiger partial charge in [-0.05, 0) is 79.9 Å². The first kappa shape index (κ1) is 18.7. The number of nitrogens with zero attached hydrogens (tertiary/aromatic N) is 2. The van der Waals surface area contributed by atoms with E-state index in [9.17, 15) is 0 Å². The quantitative estimate of drug-likeness (QED) is 0.235. The highest BCUT2D eigenvalue weighted by molar-refractivity contribution is 6.05. The van der Waals surface area contributed by atoms with Gasteiger partial charge in [0, 0.05) is 29.8 Å². The zero-order chi connectivity index (χ0) is 23.4. The number of hydrogen-bond donors (Lipinski definition) is 0. The van der Waals surface area contributed by atoms with Crippen LogP contribution in [0.2, 0.25) is 0 Å². The molecular weight excluding hydrogens is 436 g/mol. The van der Waals surface area contributed by atoms with Crippen LogP contribution in [0.1, 0.15) is 33.4 Å². The second-order valence-corrected chi connectivity index (χ2v) is 10.1. The van der Waals surface area contributed by atoms with Crippen molar-refractivity contribution in [2.45, 2.75) is 11.8 Å². The molecule has 2 aromatic heterocycles. The lowest BCUT2D eigenvalue weighted by atomic mass is 9.70. The highest BCUT2D eigenvalue weighted by Gasteiger charge is 2.52. The van der Waals surface area contributed by atoms with Gasteiger partial charge in [-0.1, -0.05) is 72.8 Å². The molecule has 0 saturated heterocycles. The molecule has 0 N–H and O–H groups in total. The van der Waals surface area contributed by atoms with Gasteiger partial charge in [-0.15, -0.1) is 0 Å². The fraction of sp³-hybridized carbons (Fsp3) is 0.0588. The Morgan fingerprint density at radius 3 is 2.25 bits per heavy atom. The number of rotatable bonds is 0. The second kappa shape index (κ2) is 6.35. The summed E-state index contributed by atoms with van der Waals surface area (Å²) >= 11 is 0. The van der Waals surface area contributed by atoms with Gasteiger partial charge in [0.2, 0.25) is 0 Å². The molecule has 2 heterocycles. The minimum Gasteiger partial charge on any atom is -0.256 e. The van der Waals surface area contributed by atoms with Gasteiger partial charge in [-0.3, -0.25) is 9.97 Å². The summed E-state index contributed by atoms with van der Waals surface area (Å²) in [5.74, 6) is 0. The summed E-state index contributed by atoms with van der Waals surface area (Å²) < 4.78 is 0. The van der Waals surface area contributed by atoms with Gasteiger partial charge in [-0.2, -0.15) is 0 Å². The molecular formula is C34H20N2. The molecule has 4 aromatic carbocycles. The lowest BCUT2D eigenvalue weighted by Crippen LogP contribution is -2.26. The summed E-state index contributed by atoms with van der Waals surface area (Å²) in [5, 5.41) is 1.22. The van der Waals surface area contributed by atoms with Gasteiger partial charge in [0.1, 0.15) is 0 Å². The van der Waals surface area contributed by atoms with Crippen LogP contribution in [0.25, 0.3) is 44.4 Å². The molecule has 0 fully saturated rings. The zero-order valence-electron chi connectivity index (χ0n) is 19.5. The van der Waals surface area contributed by atoms with Crippen molar-refractivity contribution in [2.24, 2.45) is 0 Å². The van der Waals surface area contributed by atoms with Crippen LogP contribution >= 0.6 is 0 Å². The predicted molar refractivity (Wildman–Crippen MR) is 144 cm³/mol. The van der Waals surface area contributed by atoms with E-state index in [0.717, 1.165) is 17.6 Å². The van der Waals surface area contributed by atoms with Crippen molar-refractivity contribution < 1.29 is 0 Å². The summed E-state index contributed by atoms with van der Waals surface area (Å²) in [7, 11) is 0. The number of fused-ring (bicyclic) bond motifs is 15. The summed E-state index contributed by atoms with van der Waals surface area (Å²) in [4.78, 5) is 9.80. The monoisotopic (exact) mass is 456 g/mol. The molecule has 0 saturated carbocycles. The van der Waals surface area contributed by atoms with Gasteiger partial charge in [0.05, 0.1) is 16.6 Å². The van der Waals surface area contributed by atoms with E-state index in [2.05, 4.69) is 103 Å². The Labute approximate surface area is 208 Å². The molecule has 2 nitrogen and oxygen atoms in total. The van der Waals surface area contributed by atoms with Crippen molar-refractivity contribution in [3.05, 3.63) is 143 Å². The Morgan fingerprint density at radius 2 is 1.33 bits per heavy atom. The minimum atomic E-state index is -0.387. The van der Waals surface area contributed by atoms with Crippen LogP contribution in [0, 0.1) is 0 Å². The van der Waals surface area contributed by atoms with Gasteiger partial charge < -0.3 is 0 Å². The molecule has 9 rings (SSSR count). The maximum Gasteiger partial charge on any atom is 0.0741 e. The number of benzene rings is 4. The molecule has 0 amide bonds. The highest BCUT2D eigenvalue weighted by Crippen LogP contribution is 2.64. The van der Waals surface area contributed by atoms with Crippen LogP contribution in [0.5, 0.6) is 0 Å². The first-order chi connectivity index (χ1) is 17.9. The van der Waals surface area contributed by atoms with Crippen LogP contribution in [0.15, 0.2) is 109 Å². The number of aromatic nitrogens is 2. The fourth-order valence-electron chi connectivity index (χ4n) is 7.23. The lowest BCUT2D eigenvalue weighted by molar-refractivity contribution is 0.790. The summed E-state index contributed by atoms with van der Waals surface area (Å²) in [5.41, 5.74) is 16.4. The molecule has 1 atom stereocenters. The van der Waals surface area contributed by atoms with Gasteiger partial charge in [-0.25, -0.2) is 0 Å². The van der Waals surface area contributed by atoms with E-state index in [1.807, 2.05) is 6.20 Å². The highest BCUT2D eigenvalue weighted by atomic mass is 14.7. The molecule has 3 aliphatic rings. The normalized spacial score (nSPS) is 17.4. The fourth-order valence-corrected chi connectivity index (χ4v) is 7.23. The van der Waals surface area contributed by atoms with Gasteiger partial charge in [0.15, 0.2) is 0 Å². The van der Waals surface area contributed by atoms with E-state index in [1.54, 1.807) is 0 Å². The maximum atomic E-state index is 5.00. The third-order valence-corrected chi connectivity index (χ3v) is 8.58. The molecule has 1 spiro atoms. The molecule has 36 heavy (non-hydrogen) atoms. The molecule has 1 unspecified atom stereocenters. The topological polar surface area (TPSA) is 25.8 Å². The SMILES string of the molecule is c1cnc2c(c1)Cc1cc3c(cc1-2)C1(c2ccccc2-3)c2ccccc2-c2c1cnc1ccccc21. The number of para-hydroxylation sites is 1. The molecule has 2 heteroatoms. The Kier molecular flexibility index (Phi) is 3.31. The third-order valence-electron chi connectivity index (χ3n) is 8.58. The van der Waals surface area contributed by atoms with Crippen molar-refractivity contribution in [3.63, 3.8) is 0 Å². The molecule has 0 bridgehead atoms. The summed E-state index contributed by atoms with van der Waals surface area (Å²) in [6, 6.07) is 35.7. The van der Waals surface area contributed by atoms with E-state index in [0.29, 0.717) is 0 Å². The van der Waals surface area contributed by atoms with Crippen molar-refractivity contribution in [3.8, 4) is 33.5 Å². The van der Waals surface area contributed by atoms with Crippen LogP contribution < -0.4 is 0 Å². The van der Waals surface area contributed by atoms with Crippen molar-refractivity contribution in [1.29, 1.82) is 0 Å². The first-order valence-electron chi connectivity index (χ1n) is 12.6. The lowest BCUT2D eigenvalue weighted by Gasteiger charge is -2.30. The van der Waals surface area contributed by atoms with Crippen molar-refractivity contribution in [1.82, 2.24) is 9.97 Å². The Morgan fingerprint density at radius 1 is 0.556 bits per heavy atom. The Bertz CT molecular complexity index is 1930. The number of pyridine rings is 2. The Hall–Kier alpha value is -4.56. The first-order valence-corrected chi connectivity index (χ1v) is 12.6. The van der Waals surface area contributed by atoms with Crippen LogP contribution in [-0.2, 0) is 11.8 Å². The van der Waals surface area contributed by atoms with Crippen LogP contribution in [0.4, 0.5) is 0 Å². The van der Waals surface area contributed by atoms with Crippen molar-refractivity contribution >= 4 is 10.9 Å². The van der Waals surface area contributed by atoms with E-state index in [4.69, 9.17) is 9.97 Å². The van der Waals surface area contributed by atoms with Crippen LogP contribution in [-0.4, -0.2) is 9.97 Å². The smallest absolute Gasteiger partial charge is 0.0741 e. The molecule has 6 aromatic rings. The third kappa shape index (κ3) is 2.02. The summed E-state index contributed by atoms with van der Waals surface area (Å²) in [6.07, 6.45) is 5.01. The number of hydrogen-bond acceptors (Lipinski definition) is 2. The Balaban J connectivity index is 1.48. The van der Waals surface area contributed by atoms with Gasteiger partial charge >= 0.3 is 0 Å². The molecule has 3 aliphatic carbocycles. The molecule has 0 radical (unpaired) electrons. The zero-order valence-corrected chi connectivity index (χ0v) is 19.5. The van der Waals surface area contributed by atoms with E-state index >= 15 is 0 Å². The van der Waals surface area contributed by atoms with Gasteiger partial charge in [0.25, 0.3) is 0 Å². The largest absolute Gasteiger partial charge is 0.256 e. The predicted octanol–water partition coefficient (Wildman–Crippen LogP) is 7.54.